The number of anilines is 1. The fourth-order valence-electron chi connectivity index (χ4n) is 4.78. The molecule has 0 aromatic heterocycles. The highest BCUT2D eigenvalue weighted by Gasteiger charge is 2.48. The lowest BCUT2D eigenvalue weighted by atomic mass is 9.97. The molecule has 1 aromatic rings. The van der Waals surface area contributed by atoms with E-state index in [4.69, 9.17) is 18.9 Å². The molecule has 0 aliphatic carbocycles. The standard InChI is InChI=1S/C34H45N3O15/c1-34(2,3)33(48)50-18-19-6-7-22(51-32-29(45)27(43)28(44)30(52-32)31(46)47)21(17-19)36-24(40)10-13-35-23(39)12-16-49-15-4-5-20(38)11-14-37-25(41)8-9-26(37)42/h6-9,17,27-30,32,43-45H,4-5,10-16,18H2,1-3H3,(H,35,39)(H,36,40)(H,46,47)/t27-,28-,29+,30-,32+/m0/s1. The Bertz CT molecular complexity index is 1500. The Morgan fingerprint density at radius 2 is 1.58 bits per heavy atom. The second kappa shape index (κ2) is 19.2. The van der Waals surface area contributed by atoms with Gasteiger partial charge in [-0.3, -0.25) is 33.7 Å². The van der Waals surface area contributed by atoms with E-state index in [0.29, 0.717) is 12.0 Å². The maximum atomic E-state index is 12.9. The van der Waals surface area contributed by atoms with Crippen LogP contribution < -0.4 is 15.4 Å². The fourth-order valence-corrected chi connectivity index (χ4v) is 4.78. The minimum absolute atomic E-state index is 0.00540. The number of carboxylic acid groups (broad SMARTS) is 1. The second-order valence-corrected chi connectivity index (χ2v) is 13.1. The van der Waals surface area contributed by atoms with Crippen molar-refractivity contribution in [3.05, 3.63) is 35.9 Å². The molecule has 1 saturated heterocycles. The normalized spacial score (nSPS) is 21.5. The van der Waals surface area contributed by atoms with E-state index in [1.165, 1.54) is 18.2 Å². The average molecular weight is 736 g/mol. The number of benzene rings is 1. The summed E-state index contributed by atoms with van der Waals surface area (Å²) in [6.07, 6.45) is -6.72. The molecule has 5 atom stereocenters. The maximum Gasteiger partial charge on any atom is 0.335 e. The molecule has 4 amide bonds. The largest absolute Gasteiger partial charge is 0.479 e. The number of carbonyl (C=O) groups excluding carboxylic acids is 6. The van der Waals surface area contributed by atoms with Gasteiger partial charge in [0.15, 0.2) is 6.10 Å². The van der Waals surface area contributed by atoms with E-state index in [1.807, 2.05) is 0 Å². The molecule has 0 spiro atoms. The van der Waals surface area contributed by atoms with Gasteiger partial charge in [0.1, 0.15) is 36.5 Å². The zero-order valence-electron chi connectivity index (χ0n) is 29.1. The highest BCUT2D eigenvalue weighted by atomic mass is 16.7. The first-order valence-corrected chi connectivity index (χ1v) is 16.6. The van der Waals surface area contributed by atoms with Crippen molar-refractivity contribution in [1.29, 1.82) is 0 Å². The summed E-state index contributed by atoms with van der Waals surface area (Å²) < 4.78 is 21.6. The molecule has 18 nitrogen and oxygen atoms in total. The number of aliphatic hydroxyl groups excluding tert-OH is 3. The molecule has 0 radical (unpaired) electrons. The van der Waals surface area contributed by atoms with E-state index in [-0.39, 0.29) is 75.8 Å². The average Bonchev–Trinajstić information content (AvgIpc) is 3.40. The number of hydrogen-bond acceptors (Lipinski definition) is 14. The molecule has 18 heteroatoms. The first kappa shape index (κ1) is 41.7. The minimum Gasteiger partial charge on any atom is -0.479 e. The molecule has 6 N–H and O–H groups in total. The third-order valence-corrected chi connectivity index (χ3v) is 7.76. The zero-order valence-corrected chi connectivity index (χ0v) is 29.1. The fraction of sp³-hybridized carbons (Fsp3) is 0.559. The highest BCUT2D eigenvalue weighted by molar-refractivity contribution is 6.13. The van der Waals surface area contributed by atoms with Crippen LogP contribution in [0.5, 0.6) is 5.75 Å². The molecule has 3 rings (SSSR count). The third-order valence-electron chi connectivity index (χ3n) is 7.76. The van der Waals surface area contributed by atoms with Gasteiger partial charge in [-0.25, -0.2) is 4.79 Å². The molecule has 52 heavy (non-hydrogen) atoms. The summed E-state index contributed by atoms with van der Waals surface area (Å²) in [7, 11) is 0. The lowest BCUT2D eigenvalue weighted by Crippen LogP contribution is -2.61. The second-order valence-electron chi connectivity index (χ2n) is 13.1. The van der Waals surface area contributed by atoms with Gasteiger partial charge < -0.3 is 50.0 Å². The Balaban J connectivity index is 1.47. The predicted molar refractivity (Wildman–Crippen MR) is 177 cm³/mol. The Hall–Kier alpha value is -4.75. The molecular formula is C34H45N3O15. The number of ether oxygens (including phenoxy) is 4. The lowest BCUT2D eigenvalue weighted by molar-refractivity contribution is -0.271. The predicted octanol–water partition coefficient (Wildman–Crippen LogP) is -0.437. The SMILES string of the molecule is CC(C)(C)C(=O)OCc1ccc(O[C@@H]2O[C@H](C(=O)O)[C@@H](O)[C@H](O)[C@H]2O)c(NC(=O)CCNC(=O)CCOCCCC(=O)CCN2C(=O)C=CC2=O)c1. The summed E-state index contributed by atoms with van der Waals surface area (Å²) in [5.41, 5.74) is -0.349. The molecule has 1 aromatic carbocycles. The van der Waals surface area contributed by atoms with Crippen LogP contribution in [-0.2, 0) is 54.4 Å². The van der Waals surface area contributed by atoms with Crippen molar-refractivity contribution in [1.82, 2.24) is 10.2 Å². The van der Waals surface area contributed by atoms with Gasteiger partial charge in [-0.1, -0.05) is 6.07 Å². The number of carbonyl (C=O) groups is 7. The van der Waals surface area contributed by atoms with Crippen LogP contribution in [0.4, 0.5) is 5.69 Å². The van der Waals surface area contributed by atoms with Crippen LogP contribution in [0.15, 0.2) is 30.4 Å². The number of ketones is 1. The maximum absolute atomic E-state index is 12.9. The number of aliphatic hydroxyl groups is 3. The first-order valence-electron chi connectivity index (χ1n) is 16.6. The molecule has 0 bridgehead atoms. The van der Waals surface area contributed by atoms with Crippen molar-refractivity contribution in [2.75, 3.05) is 31.6 Å². The van der Waals surface area contributed by atoms with E-state index in [9.17, 15) is 54.0 Å². The number of hydrogen-bond donors (Lipinski definition) is 6. The summed E-state index contributed by atoms with van der Waals surface area (Å²) in [6, 6.07) is 4.23. The summed E-state index contributed by atoms with van der Waals surface area (Å²) in [6.45, 7) is 5.07. The molecule has 286 valence electrons. The Morgan fingerprint density at radius 3 is 2.23 bits per heavy atom. The van der Waals surface area contributed by atoms with Crippen LogP contribution in [-0.4, -0.2) is 124 Å². The van der Waals surface area contributed by atoms with Gasteiger partial charge in [0.05, 0.1) is 17.7 Å². The number of imide groups is 1. The van der Waals surface area contributed by atoms with Crippen LogP contribution in [0.2, 0.25) is 0 Å². The van der Waals surface area contributed by atoms with Crippen molar-refractivity contribution in [3.63, 3.8) is 0 Å². The summed E-state index contributed by atoms with van der Waals surface area (Å²) in [5, 5.41) is 45.1. The van der Waals surface area contributed by atoms with Gasteiger partial charge in [-0.2, -0.15) is 0 Å². The van der Waals surface area contributed by atoms with Crippen LogP contribution in [0, 0.1) is 5.41 Å². The molecule has 0 unspecified atom stereocenters. The Kier molecular flexibility index (Phi) is 15.4. The molecule has 2 heterocycles. The van der Waals surface area contributed by atoms with Crippen LogP contribution in [0.1, 0.15) is 58.4 Å². The Labute approximate surface area is 299 Å². The van der Waals surface area contributed by atoms with Crippen molar-refractivity contribution in [3.8, 4) is 5.75 Å². The molecule has 2 aliphatic heterocycles. The number of nitrogens with one attached hydrogen (secondary N) is 2. The lowest BCUT2D eigenvalue weighted by Gasteiger charge is -2.38. The quantitative estimate of drug-likeness (QED) is 0.0598. The van der Waals surface area contributed by atoms with Crippen molar-refractivity contribution < 1.29 is 72.9 Å². The number of amides is 4. The van der Waals surface area contributed by atoms with Gasteiger partial charge in [-0.05, 0) is 44.9 Å². The first-order chi connectivity index (χ1) is 24.5. The monoisotopic (exact) mass is 735 g/mol. The van der Waals surface area contributed by atoms with Crippen LogP contribution >= 0.6 is 0 Å². The van der Waals surface area contributed by atoms with Crippen molar-refractivity contribution in [2.24, 2.45) is 5.41 Å². The van der Waals surface area contributed by atoms with Crippen molar-refractivity contribution in [2.45, 2.75) is 90.2 Å². The van der Waals surface area contributed by atoms with Gasteiger partial charge >= 0.3 is 11.9 Å². The summed E-state index contributed by atoms with van der Waals surface area (Å²) >= 11 is 0. The number of nitrogens with zero attached hydrogens (tertiary/aromatic N) is 1. The summed E-state index contributed by atoms with van der Waals surface area (Å²) in [4.78, 5) is 85.0. The number of esters is 1. The summed E-state index contributed by atoms with van der Waals surface area (Å²) in [5.74, 6) is -4.23. The smallest absolute Gasteiger partial charge is 0.335 e. The van der Waals surface area contributed by atoms with Gasteiger partial charge in [0.25, 0.3) is 11.8 Å². The topological polar surface area (TPSA) is 265 Å². The number of rotatable bonds is 19. The highest BCUT2D eigenvalue weighted by Crippen LogP contribution is 2.31. The van der Waals surface area contributed by atoms with E-state index in [0.717, 1.165) is 17.1 Å². The minimum atomic E-state index is -1.94. The van der Waals surface area contributed by atoms with Crippen LogP contribution in [0.25, 0.3) is 0 Å². The van der Waals surface area contributed by atoms with Crippen molar-refractivity contribution >= 4 is 47.0 Å². The molecule has 1 fully saturated rings. The Morgan fingerprint density at radius 1 is 0.885 bits per heavy atom. The van der Waals surface area contributed by atoms with Gasteiger partial charge in [0.2, 0.25) is 18.1 Å². The number of aliphatic carboxylic acids is 1. The zero-order chi connectivity index (χ0) is 38.6. The molecule has 0 saturated carbocycles. The van der Waals surface area contributed by atoms with E-state index in [2.05, 4.69) is 10.6 Å². The third kappa shape index (κ3) is 12.5. The van der Waals surface area contributed by atoms with Gasteiger partial charge in [0, 0.05) is 57.5 Å². The van der Waals surface area contributed by atoms with Gasteiger partial charge in [-0.15, -0.1) is 0 Å². The van der Waals surface area contributed by atoms with E-state index in [1.54, 1.807) is 20.8 Å². The van der Waals surface area contributed by atoms with E-state index < -0.39 is 71.7 Å². The molecular weight excluding hydrogens is 690 g/mol. The number of carboxylic acids is 1. The van der Waals surface area contributed by atoms with Crippen LogP contribution in [0.3, 0.4) is 0 Å². The van der Waals surface area contributed by atoms with E-state index >= 15 is 0 Å². The number of Topliss-reactive ketones (excluding diaryl/α,β-unsaturated/α-hetero) is 1. The molecule has 2 aliphatic rings.